The number of benzene rings is 1. The van der Waals surface area contributed by atoms with E-state index in [2.05, 4.69) is 15.0 Å². The molecule has 1 spiro atoms. The number of fused-ring (bicyclic) bond motifs is 3. The molecule has 0 N–H and O–H groups in total. The number of nitrogens with zero attached hydrogens (tertiary/aromatic N) is 5. The highest BCUT2D eigenvalue weighted by molar-refractivity contribution is 6.28. The summed E-state index contributed by atoms with van der Waals surface area (Å²) < 4.78 is 38.6. The van der Waals surface area contributed by atoms with Crippen LogP contribution in [0, 0.1) is 5.82 Å². The third-order valence-electron chi connectivity index (χ3n) is 7.78. The van der Waals surface area contributed by atoms with Gasteiger partial charge in [-0.1, -0.05) is 12.1 Å². The minimum atomic E-state index is -1.11. The van der Waals surface area contributed by atoms with Crippen molar-refractivity contribution in [2.24, 2.45) is 0 Å². The number of aryl methyl sites for hydroxylation is 1. The summed E-state index contributed by atoms with van der Waals surface area (Å²) in [4.78, 5) is 50.8. The zero-order chi connectivity index (χ0) is 29.1. The molecular weight excluding hydrogens is 561 g/mol. The molecule has 14 heteroatoms. The molecule has 4 unspecified atom stereocenters. The van der Waals surface area contributed by atoms with Crippen LogP contribution in [0.1, 0.15) is 44.5 Å². The van der Waals surface area contributed by atoms with E-state index in [1.54, 1.807) is 6.07 Å². The topological polar surface area (TPSA) is 135 Å². The van der Waals surface area contributed by atoms with Crippen LogP contribution in [0.25, 0.3) is 11.2 Å². The predicted molar refractivity (Wildman–Crippen MR) is 141 cm³/mol. The molecular formula is C27H27ClFN5O7. The van der Waals surface area contributed by atoms with Gasteiger partial charge in [0.25, 0.3) is 0 Å². The number of carbonyl (C=O) groups is 3. The van der Waals surface area contributed by atoms with E-state index in [1.165, 1.54) is 37.7 Å². The standard InChI is InChI=1S/C27H27ClFN5O7/c1-13(35)38-9-18-21(39-14(2)36)22(40-15(3)37)25(41-18)34-12-30-20-23(31-26(28)32-24(20)34)33-10-27(11-33)8-7-16-5-4-6-17(29)19(16)27/h4-6,12,18,21-22,25H,7-11H2,1-3H3. The molecule has 2 fully saturated rings. The van der Waals surface area contributed by atoms with Gasteiger partial charge in [0.15, 0.2) is 35.4 Å². The van der Waals surface area contributed by atoms with Crippen LogP contribution in [-0.2, 0) is 45.2 Å². The lowest BCUT2D eigenvalue weighted by molar-refractivity contribution is -0.166. The second-order valence-corrected chi connectivity index (χ2v) is 10.9. The highest BCUT2D eigenvalue weighted by Crippen LogP contribution is 2.48. The molecule has 0 radical (unpaired) electrons. The molecule has 2 aromatic heterocycles. The number of hydrogen-bond donors (Lipinski definition) is 0. The van der Waals surface area contributed by atoms with E-state index in [0.29, 0.717) is 24.4 Å². The minimum Gasteiger partial charge on any atom is -0.463 e. The highest BCUT2D eigenvalue weighted by Gasteiger charge is 2.53. The summed E-state index contributed by atoms with van der Waals surface area (Å²) >= 11 is 6.37. The van der Waals surface area contributed by atoms with Crippen molar-refractivity contribution in [3.05, 3.63) is 46.8 Å². The largest absolute Gasteiger partial charge is 0.463 e. The van der Waals surface area contributed by atoms with Crippen molar-refractivity contribution < 1.29 is 37.7 Å². The van der Waals surface area contributed by atoms with Crippen molar-refractivity contribution in [3.63, 3.8) is 0 Å². The van der Waals surface area contributed by atoms with Gasteiger partial charge in [-0.2, -0.15) is 9.97 Å². The number of anilines is 1. The monoisotopic (exact) mass is 587 g/mol. The van der Waals surface area contributed by atoms with Gasteiger partial charge in [0.05, 0.1) is 6.33 Å². The first-order chi connectivity index (χ1) is 19.6. The zero-order valence-electron chi connectivity index (χ0n) is 22.5. The number of carbonyl (C=O) groups excluding carboxylic acids is 3. The maximum absolute atomic E-state index is 14.8. The van der Waals surface area contributed by atoms with E-state index in [1.807, 2.05) is 11.0 Å². The average molecular weight is 588 g/mol. The summed E-state index contributed by atoms with van der Waals surface area (Å²) in [6, 6.07) is 5.20. The number of esters is 3. The van der Waals surface area contributed by atoms with Crippen molar-refractivity contribution in [2.75, 3.05) is 24.6 Å². The van der Waals surface area contributed by atoms with Gasteiger partial charge in [-0.25, -0.2) is 9.37 Å². The van der Waals surface area contributed by atoms with Crippen LogP contribution in [0.4, 0.5) is 10.2 Å². The van der Waals surface area contributed by atoms with E-state index < -0.39 is 42.4 Å². The zero-order valence-corrected chi connectivity index (χ0v) is 23.3. The number of halogens is 2. The first-order valence-corrected chi connectivity index (χ1v) is 13.5. The van der Waals surface area contributed by atoms with Crippen LogP contribution in [0.2, 0.25) is 5.28 Å². The molecule has 1 aliphatic carbocycles. The molecule has 216 valence electrons. The van der Waals surface area contributed by atoms with Crippen LogP contribution >= 0.6 is 11.6 Å². The van der Waals surface area contributed by atoms with E-state index >= 15 is 0 Å². The van der Waals surface area contributed by atoms with E-state index in [-0.39, 0.29) is 28.8 Å². The molecule has 0 amide bonds. The fourth-order valence-corrected chi connectivity index (χ4v) is 6.38. The molecule has 41 heavy (non-hydrogen) atoms. The average Bonchev–Trinajstić information content (AvgIpc) is 3.56. The van der Waals surface area contributed by atoms with E-state index in [9.17, 15) is 18.8 Å². The lowest BCUT2D eigenvalue weighted by Crippen LogP contribution is -2.59. The second kappa shape index (κ2) is 10.2. The molecule has 6 rings (SSSR count). The summed E-state index contributed by atoms with van der Waals surface area (Å²) in [6.07, 6.45) is -1.11. The Bertz CT molecular complexity index is 1560. The van der Waals surface area contributed by atoms with Crippen molar-refractivity contribution in [1.29, 1.82) is 0 Å². The molecule has 0 saturated carbocycles. The predicted octanol–water partition coefficient (Wildman–Crippen LogP) is 2.65. The Hall–Kier alpha value is -3.84. The van der Waals surface area contributed by atoms with Gasteiger partial charge in [0.2, 0.25) is 5.28 Å². The number of ether oxygens (including phenoxy) is 4. The third-order valence-corrected chi connectivity index (χ3v) is 7.95. The molecule has 3 aromatic rings. The molecule has 1 aromatic carbocycles. The van der Waals surface area contributed by atoms with Crippen LogP contribution < -0.4 is 4.90 Å². The smallest absolute Gasteiger partial charge is 0.303 e. The minimum absolute atomic E-state index is 0.0526. The lowest BCUT2D eigenvalue weighted by Gasteiger charge is -2.49. The number of rotatable bonds is 6. The van der Waals surface area contributed by atoms with Gasteiger partial charge in [0.1, 0.15) is 18.5 Å². The second-order valence-electron chi connectivity index (χ2n) is 10.6. The van der Waals surface area contributed by atoms with Gasteiger partial charge in [-0.3, -0.25) is 19.0 Å². The van der Waals surface area contributed by atoms with Gasteiger partial charge in [-0.05, 0) is 36.1 Å². The van der Waals surface area contributed by atoms with E-state index in [0.717, 1.165) is 24.0 Å². The Kier molecular flexibility index (Phi) is 6.81. The summed E-state index contributed by atoms with van der Waals surface area (Å²) in [7, 11) is 0. The maximum atomic E-state index is 14.8. The first-order valence-electron chi connectivity index (χ1n) is 13.1. The van der Waals surface area contributed by atoms with Gasteiger partial charge < -0.3 is 23.8 Å². The molecule has 2 aliphatic heterocycles. The van der Waals surface area contributed by atoms with Gasteiger partial charge in [0, 0.05) is 44.8 Å². The van der Waals surface area contributed by atoms with Crippen molar-refractivity contribution in [1.82, 2.24) is 19.5 Å². The number of hydrogen-bond acceptors (Lipinski definition) is 11. The Labute approximate surface area is 238 Å². The van der Waals surface area contributed by atoms with Crippen LogP contribution in [0.3, 0.4) is 0 Å². The normalized spacial score (nSPS) is 24.3. The number of imidazole rings is 1. The lowest BCUT2D eigenvalue weighted by atomic mass is 9.74. The van der Waals surface area contributed by atoms with E-state index in [4.69, 9.17) is 30.5 Å². The maximum Gasteiger partial charge on any atom is 0.303 e. The van der Waals surface area contributed by atoms with Gasteiger partial charge in [-0.15, -0.1) is 0 Å². The molecule has 4 atom stereocenters. The molecule has 0 bridgehead atoms. The quantitative estimate of drug-likeness (QED) is 0.239. The fraction of sp³-hybridized carbons (Fsp3) is 0.481. The summed E-state index contributed by atoms with van der Waals surface area (Å²) in [6.45, 7) is 4.48. The fourth-order valence-electron chi connectivity index (χ4n) is 6.22. The van der Waals surface area contributed by atoms with Gasteiger partial charge >= 0.3 is 17.9 Å². The third kappa shape index (κ3) is 4.76. The summed E-state index contributed by atoms with van der Waals surface area (Å²) in [5.41, 5.74) is 2.17. The first kappa shape index (κ1) is 27.3. The van der Waals surface area contributed by atoms with Crippen molar-refractivity contribution in [3.8, 4) is 0 Å². The van der Waals surface area contributed by atoms with Crippen molar-refractivity contribution >= 4 is 46.5 Å². The number of aromatic nitrogens is 4. The highest BCUT2D eigenvalue weighted by atomic mass is 35.5. The Morgan fingerprint density at radius 2 is 1.83 bits per heavy atom. The molecule has 4 heterocycles. The Morgan fingerprint density at radius 1 is 1.10 bits per heavy atom. The molecule has 12 nitrogen and oxygen atoms in total. The Morgan fingerprint density at radius 3 is 2.54 bits per heavy atom. The molecule has 2 saturated heterocycles. The van der Waals surface area contributed by atoms with Crippen molar-refractivity contribution in [2.45, 2.75) is 63.6 Å². The van der Waals surface area contributed by atoms with Crippen LogP contribution in [0.15, 0.2) is 24.5 Å². The summed E-state index contributed by atoms with van der Waals surface area (Å²) in [5, 5.41) is -0.0526. The summed E-state index contributed by atoms with van der Waals surface area (Å²) in [5.74, 6) is -1.55. The van der Waals surface area contributed by atoms with Crippen LogP contribution in [0.5, 0.6) is 0 Å². The molecule has 3 aliphatic rings. The van der Waals surface area contributed by atoms with Crippen LogP contribution in [-0.4, -0.2) is 75.4 Å². The SMILES string of the molecule is CC(=O)OCC1OC(n2cnc3c(N4CC5(CCc6cccc(F)c65)C4)nc(Cl)nc32)C(OC(C)=O)C1OC(C)=O. The Balaban J connectivity index is 1.34.